The number of hydrogen-bond donors (Lipinski definition) is 0. The topological polar surface area (TPSA) is 73.7 Å². The van der Waals surface area contributed by atoms with Gasteiger partial charge in [0.2, 0.25) is 0 Å². The number of halogens is 1. The van der Waals surface area contributed by atoms with Gasteiger partial charge in [0.15, 0.2) is 0 Å². The molecule has 7 nitrogen and oxygen atoms in total. The summed E-state index contributed by atoms with van der Waals surface area (Å²) < 4.78 is 12.7. The molecule has 0 bridgehead atoms. The fourth-order valence-electron chi connectivity index (χ4n) is 3.89. The Morgan fingerprint density at radius 2 is 2.00 bits per heavy atom. The molecule has 3 heterocycles. The molecule has 0 saturated heterocycles. The Kier molecular flexibility index (Phi) is 5.17. The number of rotatable bonds is 3. The minimum atomic E-state index is -0.612. The van der Waals surface area contributed by atoms with E-state index >= 15 is 0 Å². The van der Waals surface area contributed by atoms with Crippen molar-refractivity contribution in [2.24, 2.45) is 0 Å². The van der Waals surface area contributed by atoms with E-state index in [0.29, 0.717) is 29.7 Å². The van der Waals surface area contributed by atoms with E-state index in [1.165, 1.54) is 4.57 Å². The summed E-state index contributed by atoms with van der Waals surface area (Å²) in [5.41, 5.74) is 3.02. The van der Waals surface area contributed by atoms with Crippen molar-refractivity contribution < 1.29 is 19.1 Å². The molecule has 0 radical (unpaired) electrons. The third-order valence-electron chi connectivity index (χ3n) is 5.18. The lowest BCUT2D eigenvalue weighted by atomic mass is 10.0. The number of fused-ring (bicyclic) bond motifs is 2. The van der Waals surface area contributed by atoms with Crippen LogP contribution in [0.5, 0.6) is 5.75 Å². The highest BCUT2D eigenvalue weighted by atomic mass is 35.5. The lowest BCUT2D eigenvalue weighted by molar-refractivity contribution is 0.0544. The molecule has 0 atom stereocenters. The minimum absolute atomic E-state index is 0.181. The smallest absolute Gasteiger partial charge is 0.419 e. The van der Waals surface area contributed by atoms with Crippen molar-refractivity contribution in [2.45, 2.75) is 46.4 Å². The van der Waals surface area contributed by atoms with Crippen LogP contribution in [0.2, 0.25) is 5.15 Å². The van der Waals surface area contributed by atoms with Crippen LogP contribution in [0.25, 0.3) is 10.9 Å². The zero-order valence-corrected chi connectivity index (χ0v) is 18.9. The van der Waals surface area contributed by atoms with Crippen LogP contribution in [0.3, 0.4) is 0 Å². The molecule has 0 spiro atoms. The van der Waals surface area contributed by atoms with Gasteiger partial charge in [-0.2, -0.15) is 0 Å². The highest BCUT2D eigenvalue weighted by Gasteiger charge is 2.31. The average molecular weight is 442 g/mol. The maximum absolute atomic E-state index is 12.9. The molecule has 1 aromatic carbocycles. The first-order chi connectivity index (χ1) is 14.6. The minimum Gasteiger partial charge on any atom is -0.496 e. The number of aryl methyl sites for hydroxylation is 1. The molecule has 0 saturated carbocycles. The van der Waals surface area contributed by atoms with Crippen LogP contribution in [-0.2, 0) is 17.8 Å². The Labute approximate surface area is 185 Å². The van der Waals surface area contributed by atoms with Crippen molar-refractivity contribution >= 4 is 34.5 Å². The second kappa shape index (κ2) is 7.57. The zero-order valence-electron chi connectivity index (χ0n) is 18.2. The average Bonchev–Trinajstić information content (AvgIpc) is 3.25. The predicted octanol–water partition coefficient (Wildman–Crippen LogP) is 4.95. The molecule has 162 valence electrons. The van der Waals surface area contributed by atoms with E-state index in [1.807, 2.05) is 45.9 Å². The molecule has 8 heteroatoms. The molecule has 0 N–H and O–H groups in total. The van der Waals surface area contributed by atoms with E-state index in [4.69, 9.17) is 21.1 Å². The number of pyridine rings is 1. The molecule has 2 aromatic heterocycles. The highest BCUT2D eigenvalue weighted by molar-refractivity contribution is 6.29. The fourth-order valence-corrected chi connectivity index (χ4v) is 4.04. The fraction of sp³-hybridized carbons (Fsp3) is 0.348. The second-order valence-electron chi connectivity index (χ2n) is 8.61. The summed E-state index contributed by atoms with van der Waals surface area (Å²) in [6.07, 6.45) is 1.24. The maximum atomic E-state index is 12.9. The van der Waals surface area contributed by atoms with Gasteiger partial charge >= 0.3 is 6.09 Å². The monoisotopic (exact) mass is 441 g/mol. The molecule has 3 aromatic rings. The largest absolute Gasteiger partial charge is 0.496 e. The van der Waals surface area contributed by atoms with Crippen LogP contribution in [0.1, 0.15) is 48.0 Å². The van der Waals surface area contributed by atoms with Gasteiger partial charge in [-0.25, -0.2) is 9.78 Å². The molecule has 0 fully saturated rings. The third-order valence-corrected chi connectivity index (χ3v) is 5.40. The highest BCUT2D eigenvalue weighted by Crippen LogP contribution is 2.35. The van der Waals surface area contributed by atoms with Crippen LogP contribution < -0.4 is 4.74 Å². The lowest BCUT2D eigenvalue weighted by Gasteiger charge is -2.21. The van der Waals surface area contributed by atoms with Gasteiger partial charge in [-0.3, -0.25) is 9.36 Å². The van der Waals surface area contributed by atoms with E-state index in [0.717, 1.165) is 27.6 Å². The van der Waals surface area contributed by atoms with E-state index in [2.05, 4.69) is 4.98 Å². The Hall–Kier alpha value is -3.06. The van der Waals surface area contributed by atoms with E-state index in [9.17, 15) is 9.59 Å². The van der Waals surface area contributed by atoms with Crippen molar-refractivity contribution in [1.29, 1.82) is 0 Å². The van der Waals surface area contributed by atoms with Crippen LogP contribution in [0.4, 0.5) is 4.79 Å². The molecule has 1 amide bonds. The molecule has 31 heavy (non-hydrogen) atoms. The summed E-state index contributed by atoms with van der Waals surface area (Å²) in [7, 11) is 1.59. The van der Waals surface area contributed by atoms with Crippen molar-refractivity contribution in [2.75, 3.05) is 7.11 Å². The second-order valence-corrected chi connectivity index (χ2v) is 8.99. The zero-order chi connectivity index (χ0) is 22.5. The Morgan fingerprint density at radius 3 is 2.68 bits per heavy atom. The molecule has 1 aliphatic heterocycles. The molecule has 0 aliphatic carbocycles. The Morgan fingerprint density at radius 1 is 1.26 bits per heavy atom. The maximum Gasteiger partial charge on any atom is 0.419 e. The van der Waals surface area contributed by atoms with Gasteiger partial charge in [0.25, 0.3) is 5.91 Å². The predicted molar refractivity (Wildman–Crippen MR) is 118 cm³/mol. The van der Waals surface area contributed by atoms with Crippen LogP contribution in [0.15, 0.2) is 30.5 Å². The lowest BCUT2D eigenvalue weighted by Crippen LogP contribution is -2.27. The summed E-state index contributed by atoms with van der Waals surface area (Å²) in [6.45, 7) is 8.14. The van der Waals surface area contributed by atoms with Crippen molar-refractivity contribution in [3.63, 3.8) is 0 Å². The summed E-state index contributed by atoms with van der Waals surface area (Å²) in [5.74, 6) is 0.474. The van der Waals surface area contributed by atoms with Gasteiger partial charge in [0.05, 0.1) is 19.2 Å². The number of amides is 1. The number of carbonyl (C=O) groups is 2. The standard InChI is InChI=1S/C23H24ClN3O4/c1-13-10-17(30-5)16(12-26-11-14-6-7-18(24)25-19(14)21(26)28)15-8-9-27(20(13)15)22(29)31-23(2,3)4/h6-10H,11-12H2,1-5H3. The van der Waals surface area contributed by atoms with Gasteiger partial charge in [0, 0.05) is 29.3 Å². The number of aromatic nitrogens is 2. The van der Waals surface area contributed by atoms with Crippen LogP contribution >= 0.6 is 11.6 Å². The van der Waals surface area contributed by atoms with Crippen LogP contribution in [-0.4, -0.2) is 39.2 Å². The first-order valence-corrected chi connectivity index (χ1v) is 10.3. The molecule has 0 unspecified atom stereocenters. The van der Waals surface area contributed by atoms with Gasteiger partial charge in [-0.05, 0) is 51.5 Å². The summed E-state index contributed by atoms with van der Waals surface area (Å²) in [4.78, 5) is 31.6. The summed E-state index contributed by atoms with van der Waals surface area (Å²) in [6, 6.07) is 7.24. The first-order valence-electron chi connectivity index (χ1n) is 9.94. The molecular formula is C23H24ClN3O4. The SMILES string of the molecule is COc1cc(C)c2c(ccn2C(=O)OC(C)(C)C)c1CN1Cc2ccc(Cl)nc2C1=O. The Bertz CT molecular complexity index is 1210. The van der Waals surface area contributed by atoms with Crippen molar-refractivity contribution in [3.05, 3.63) is 58.0 Å². The summed E-state index contributed by atoms with van der Waals surface area (Å²) >= 11 is 5.97. The van der Waals surface area contributed by atoms with Crippen molar-refractivity contribution in [1.82, 2.24) is 14.5 Å². The molecular weight excluding hydrogens is 418 g/mol. The summed E-state index contributed by atoms with van der Waals surface area (Å²) in [5, 5.41) is 1.12. The van der Waals surface area contributed by atoms with Gasteiger partial charge in [-0.1, -0.05) is 17.7 Å². The molecule has 1 aliphatic rings. The number of nitrogens with zero attached hydrogens (tertiary/aromatic N) is 3. The van der Waals surface area contributed by atoms with Gasteiger partial charge < -0.3 is 14.4 Å². The number of benzene rings is 1. The van der Waals surface area contributed by atoms with Crippen molar-refractivity contribution in [3.8, 4) is 5.75 Å². The first kappa shape index (κ1) is 21.2. The quantitative estimate of drug-likeness (QED) is 0.538. The van der Waals surface area contributed by atoms with Gasteiger partial charge in [-0.15, -0.1) is 0 Å². The number of ether oxygens (including phenoxy) is 2. The van der Waals surface area contributed by atoms with Gasteiger partial charge in [0.1, 0.15) is 22.2 Å². The number of hydrogen-bond acceptors (Lipinski definition) is 5. The number of methoxy groups -OCH3 is 1. The van der Waals surface area contributed by atoms with Crippen LogP contribution in [0, 0.1) is 6.92 Å². The molecule has 4 rings (SSSR count). The van der Waals surface area contributed by atoms with E-state index in [-0.39, 0.29) is 5.91 Å². The number of carbonyl (C=O) groups excluding carboxylic acids is 2. The third kappa shape index (κ3) is 3.85. The Balaban J connectivity index is 1.75. The van der Waals surface area contributed by atoms with E-state index < -0.39 is 11.7 Å². The van der Waals surface area contributed by atoms with E-state index in [1.54, 1.807) is 24.3 Å². The normalized spacial score (nSPS) is 13.6.